The first-order valence-electron chi connectivity index (χ1n) is 7.12. The fourth-order valence-electron chi connectivity index (χ4n) is 2.12. The number of hydrazone groups is 1. The van der Waals surface area contributed by atoms with Crippen molar-refractivity contribution in [2.75, 3.05) is 25.9 Å². The molecule has 114 valence electrons. The van der Waals surface area contributed by atoms with Crippen molar-refractivity contribution in [1.29, 1.82) is 0 Å². The number of nitrogens with zero attached hydrogens (tertiary/aromatic N) is 1. The molecule has 21 heavy (non-hydrogen) atoms. The van der Waals surface area contributed by atoms with Crippen molar-refractivity contribution >= 4 is 35.0 Å². The van der Waals surface area contributed by atoms with Gasteiger partial charge in [-0.15, -0.1) is 11.8 Å². The van der Waals surface area contributed by atoms with Gasteiger partial charge in [-0.25, -0.2) is 5.43 Å². The minimum atomic E-state index is -0.0502. The van der Waals surface area contributed by atoms with Gasteiger partial charge in [-0.05, 0) is 11.6 Å². The van der Waals surface area contributed by atoms with E-state index < -0.39 is 0 Å². The lowest BCUT2D eigenvalue weighted by Crippen LogP contribution is -3.10. The van der Waals surface area contributed by atoms with E-state index in [1.54, 1.807) is 11.8 Å². The molecule has 1 heterocycles. The normalized spacial score (nSPS) is 18.4. The summed E-state index contributed by atoms with van der Waals surface area (Å²) in [6.07, 6.45) is 1.94. The number of halogens is 1. The molecule has 0 saturated carbocycles. The molecule has 0 bridgehead atoms. The van der Waals surface area contributed by atoms with Gasteiger partial charge in [0.15, 0.2) is 0 Å². The Labute approximate surface area is 134 Å². The summed E-state index contributed by atoms with van der Waals surface area (Å²) in [5.74, 6) is 1.08. The van der Waals surface area contributed by atoms with Crippen LogP contribution in [0.1, 0.15) is 18.4 Å². The van der Waals surface area contributed by atoms with Gasteiger partial charge in [0.25, 0.3) is 0 Å². The molecule has 0 spiro atoms. The minimum Gasteiger partial charge on any atom is -0.337 e. The third-order valence-corrected chi connectivity index (χ3v) is 4.82. The Morgan fingerprint density at radius 2 is 2.10 bits per heavy atom. The first kappa shape index (κ1) is 16.3. The van der Waals surface area contributed by atoms with Crippen LogP contribution in [0.4, 0.5) is 0 Å². The van der Waals surface area contributed by atoms with Gasteiger partial charge < -0.3 is 4.90 Å². The average Bonchev–Trinajstić information content (AvgIpc) is 2.49. The molecule has 1 amide bonds. The summed E-state index contributed by atoms with van der Waals surface area (Å²) < 4.78 is 0. The summed E-state index contributed by atoms with van der Waals surface area (Å²) >= 11 is 7.62. The van der Waals surface area contributed by atoms with Crippen molar-refractivity contribution < 1.29 is 9.69 Å². The highest BCUT2D eigenvalue weighted by Gasteiger charge is 2.14. The van der Waals surface area contributed by atoms with Crippen LogP contribution in [0.5, 0.6) is 0 Å². The second-order valence-corrected chi connectivity index (χ2v) is 6.65. The van der Waals surface area contributed by atoms with E-state index in [0.717, 1.165) is 48.0 Å². The van der Waals surface area contributed by atoms with Crippen molar-refractivity contribution in [2.45, 2.75) is 18.6 Å². The highest BCUT2D eigenvalue weighted by atomic mass is 35.5. The largest absolute Gasteiger partial charge is 0.337 e. The molecule has 1 saturated heterocycles. The number of hydrogen-bond donors (Lipinski definition) is 2. The third kappa shape index (κ3) is 5.69. The summed E-state index contributed by atoms with van der Waals surface area (Å²) in [4.78, 5) is 13.3. The molecule has 2 rings (SSSR count). The van der Waals surface area contributed by atoms with Gasteiger partial charge in [-0.3, -0.25) is 4.79 Å². The van der Waals surface area contributed by atoms with Crippen LogP contribution in [-0.4, -0.2) is 37.5 Å². The average molecular weight is 327 g/mol. The summed E-state index contributed by atoms with van der Waals surface area (Å²) in [7, 11) is 2.18. The molecule has 1 aromatic rings. The number of nitrogens with one attached hydrogen (secondary N) is 2. The molecule has 0 aliphatic carbocycles. The molecule has 1 aromatic carbocycles. The number of carbonyl (C=O) groups is 1. The van der Waals surface area contributed by atoms with Gasteiger partial charge in [-0.2, -0.15) is 5.10 Å². The van der Waals surface area contributed by atoms with E-state index in [4.69, 9.17) is 11.6 Å². The Kier molecular flexibility index (Phi) is 6.54. The van der Waals surface area contributed by atoms with Crippen LogP contribution in [0.15, 0.2) is 29.4 Å². The van der Waals surface area contributed by atoms with E-state index in [0.29, 0.717) is 5.75 Å². The van der Waals surface area contributed by atoms with Crippen LogP contribution in [0.25, 0.3) is 0 Å². The first-order valence-corrected chi connectivity index (χ1v) is 8.65. The molecule has 0 unspecified atom stereocenters. The molecule has 0 aromatic heterocycles. The maximum Gasteiger partial charge on any atom is 0.250 e. The van der Waals surface area contributed by atoms with Gasteiger partial charge >= 0.3 is 0 Å². The van der Waals surface area contributed by atoms with E-state index in [1.165, 1.54) is 4.90 Å². The predicted octanol–water partition coefficient (Wildman–Crippen LogP) is 1.35. The maximum atomic E-state index is 11.7. The Bertz CT molecular complexity index is 511. The zero-order valence-corrected chi connectivity index (χ0v) is 13.8. The number of quaternary nitrogens is 1. The number of thioether (sulfide) groups is 1. The Morgan fingerprint density at radius 3 is 2.81 bits per heavy atom. The van der Waals surface area contributed by atoms with Gasteiger partial charge in [0.1, 0.15) is 0 Å². The fraction of sp³-hybridized carbons (Fsp3) is 0.467. The minimum absolute atomic E-state index is 0.0502. The van der Waals surface area contributed by atoms with Crippen LogP contribution >= 0.6 is 23.4 Å². The van der Waals surface area contributed by atoms with Crippen LogP contribution < -0.4 is 10.3 Å². The van der Waals surface area contributed by atoms with Crippen LogP contribution in [0, 0.1) is 0 Å². The van der Waals surface area contributed by atoms with Crippen molar-refractivity contribution in [2.24, 2.45) is 5.10 Å². The molecule has 0 radical (unpaired) electrons. The number of carbonyl (C=O) groups excluding carboxylic acids is 1. The second-order valence-electron chi connectivity index (χ2n) is 5.25. The lowest BCUT2D eigenvalue weighted by Gasteiger charge is -2.20. The molecule has 6 heteroatoms. The van der Waals surface area contributed by atoms with Crippen molar-refractivity contribution in [1.82, 2.24) is 5.43 Å². The quantitative estimate of drug-likeness (QED) is 0.802. The Hall–Kier alpha value is -1.04. The number of hydrogen-bond acceptors (Lipinski definition) is 3. The standard InChI is InChI=1S/C15H20ClN3OS/c1-19-8-6-13(7-9-19)17-18-15(20)11-21-10-12-4-2-3-5-14(12)16/h2-5H,6-11H2,1H3,(H,18,20)/p+1. The number of piperidine rings is 1. The number of rotatable bonds is 5. The fourth-order valence-corrected chi connectivity index (χ4v) is 3.23. The van der Waals surface area contributed by atoms with Gasteiger partial charge in [0.05, 0.1) is 25.9 Å². The Balaban J connectivity index is 1.68. The SMILES string of the molecule is C[NH+]1CCC(=NNC(=O)CSCc2ccccc2Cl)CC1. The number of amides is 1. The van der Waals surface area contributed by atoms with E-state index in [1.807, 2.05) is 24.3 Å². The van der Waals surface area contributed by atoms with Gasteiger partial charge in [0, 0.05) is 29.3 Å². The maximum absolute atomic E-state index is 11.7. The molecule has 1 aliphatic rings. The highest BCUT2D eigenvalue weighted by molar-refractivity contribution is 7.99. The molecule has 4 nitrogen and oxygen atoms in total. The number of benzene rings is 1. The highest BCUT2D eigenvalue weighted by Crippen LogP contribution is 2.20. The summed E-state index contributed by atoms with van der Waals surface area (Å²) in [6.45, 7) is 2.19. The zero-order chi connectivity index (χ0) is 15.1. The lowest BCUT2D eigenvalue weighted by atomic mass is 10.1. The topological polar surface area (TPSA) is 45.9 Å². The monoisotopic (exact) mass is 326 g/mol. The number of likely N-dealkylation sites (tertiary alicyclic amines) is 1. The van der Waals surface area contributed by atoms with Crippen molar-refractivity contribution in [3.8, 4) is 0 Å². The second kappa shape index (κ2) is 8.41. The van der Waals surface area contributed by atoms with Crippen LogP contribution in [0.3, 0.4) is 0 Å². The van der Waals surface area contributed by atoms with Crippen LogP contribution in [-0.2, 0) is 10.5 Å². The van der Waals surface area contributed by atoms with Crippen LogP contribution in [0.2, 0.25) is 5.02 Å². The molecular weight excluding hydrogens is 306 g/mol. The first-order chi connectivity index (χ1) is 10.1. The van der Waals surface area contributed by atoms with E-state index in [2.05, 4.69) is 17.6 Å². The molecule has 2 N–H and O–H groups in total. The smallest absolute Gasteiger partial charge is 0.250 e. The van der Waals surface area contributed by atoms with E-state index in [-0.39, 0.29) is 5.91 Å². The summed E-state index contributed by atoms with van der Waals surface area (Å²) in [5, 5.41) is 4.97. The summed E-state index contributed by atoms with van der Waals surface area (Å²) in [5.41, 5.74) is 4.81. The van der Waals surface area contributed by atoms with Gasteiger partial charge in [0.2, 0.25) is 5.91 Å². The third-order valence-electron chi connectivity index (χ3n) is 3.47. The van der Waals surface area contributed by atoms with E-state index in [9.17, 15) is 4.79 Å². The van der Waals surface area contributed by atoms with Crippen molar-refractivity contribution in [3.05, 3.63) is 34.9 Å². The van der Waals surface area contributed by atoms with Gasteiger partial charge in [-0.1, -0.05) is 29.8 Å². The molecular formula is C15H21ClN3OS+. The predicted molar refractivity (Wildman–Crippen MR) is 89.0 cm³/mol. The van der Waals surface area contributed by atoms with Crippen molar-refractivity contribution in [3.63, 3.8) is 0 Å². The summed E-state index contributed by atoms with van der Waals surface area (Å²) in [6, 6.07) is 7.71. The molecule has 0 atom stereocenters. The Morgan fingerprint density at radius 1 is 1.38 bits per heavy atom. The van der Waals surface area contributed by atoms with E-state index >= 15 is 0 Å². The molecule has 1 fully saturated rings. The zero-order valence-electron chi connectivity index (χ0n) is 12.2. The molecule has 1 aliphatic heterocycles. The lowest BCUT2D eigenvalue weighted by molar-refractivity contribution is -0.880.